The van der Waals surface area contributed by atoms with Gasteiger partial charge >= 0.3 is 6.09 Å². The maximum Gasteiger partial charge on any atom is 0.404 e. The van der Waals surface area contributed by atoms with Gasteiger partial charge in [-0.05, 0) is 30.5 Å². The van der Waals surface area contributed by atoms with E-state index in [4.69, 9.17) is 28.3 Å². The number of benzene rings is 1. The summed E-state index contributed by atoms with van der Waals surface area (Å²) < 4.78 is 0. The monoisotopic (exact) mass is 441 g/mol. The lowest BCUT2D eigenvalue weighted by Crippen LogP contribution is -2.43. The quantitative estimate of drug-likeness (QED) is 0.750. The Bertz CT molecular complexity index is 796. The van der Waals surface area contributed by atoms with E-state index in [0.717, 1.165) is 5.56 Å². The molecule has 3 amide bonds. The number of likely N-dealkylation sites (tertiary alicyclic amines) is 2. The van der Waals surface area contributed by atoms with Crippen molar-refractivity contribution in [2.24, 2.45) is 11.8 Å². The van der Waals surface area contributed by atoms with Crippen molar-refractivity contribution < 1.29 is 19.5 Å². The highest BCUT2D eigenvalue weighted by Crippen LogP contribution is 2.36. The molecule has 2 aliphatic rings. The van der Waals surface area contributed by atoms with Crippen molar-refractivity contribution in [3.63, 3.8) is 0 Å². The Labute approximate surface area is 179 Å². The van der Waals surface area contributed by atoms with E-state index in [-0.39, 0.29) is 36.1 Å². The average Bonchev–Trinajstić information content (AvgIpc) is 3.12. The molecule has 0 aromatic heterocycles. The van der Waals surface area contributed by atoms with Gasteiger partial charge in [-0.2, -0.15) is 0 Å². The maximum atomic E-state index is 13.1. The van der Waals surface area contributed by atoms with Crippen molar-refractivity contribution in [3.05, 3.63) is 33.8 Å². The van der Waals surface area contributed by atoms with E-state index in [1.165, 1.54) is 0 Å². The van der Waals surface area contributed by atoms with Crippen LogP contribution in [0.1, 0.15) is 31.2 Å². The molecule has 0 aliphatic carbocycles. The molecule has 0 radical (unpaired) electrons. The van der Waals surface area contributed by atoms with Crippen LogP contribution in [-0.2, 0) is 9.59 Å². The molecule has 2 atom stereocenters. The fraction of sp³-hybridized carbons (Fsp3) is 0.550. The van der Waals surface area contributed by atoms with Gasteiger partial charge in [0.1, 0.15) is 0 Å². The lowest BCUT2D eigenvalue weighted by molar-refractivity contribution is -0.139. The average molecular weight is 442 g/mol. The number of carboxylic acid groups (broad SMARTS) is 1. The minimum atomic E-state index is -1.08. The van der Waals surface area contributed by atoms with Gasteiger partial charge in [0.2, 0.25) is 11.8 Å². The zero-order valence-electron chi connectivity index (χ0n) is 16.2. The van der Waals surface area contributed by atoms with Gasteiger partial charge in [-0.15, -0.1) is 0 Å². The minimum absolute atomic E-state index is 0.0297. The van der Waals surface area contributed by atoms with Crippen LogP contribution in [0.2, 0.25) is 10.0 Å². The second-order valence-electron chi connectivity index (χ2n) is 7.75. The maximum absolute atomic E-state index is 13.1. The summed E-state index contributed by atoms with van der Waals surface area (Å²) in [6.45, 7) is 3.99. The summed E-state index contributed by atoms with van der Waals surface area (Å²) in [5.74, 6) is -0.0682. The van der Waals surface area contributed by atoms with Crippen LogP contribution in [0.25, 0.3) is 0 Å². The predicted molar refractivity (Wildman–Crippen MR) is 110 cm³/mol. The van der Waals surface area contributed by atoms with Crippen LogP contribution in [0.15, 0.2) is 18.2 Å². The summed E-state index contributed by atoms with van der Waals surface area (Å²) in [5, 5.41) is 12.3. The number of halogens is 2. The molecule has 0 saturated carbocycles. The molecule has 2 N–H and O–H groups in total. The highest BCUT2D eigenvalue weighted by atomic mass is 35.5. The molecule has 0 unspecified atom stereocenters. The van der Waals surface area contributed by atoms with Gasteiger partial charge in [-0.1, -0.05) is 29.3 Å². The molecule has 0 bridgehead atoms. The second kappa shape index (κ2) is 9.22. The standard InChI is InChI=1S/C20H25Cl2N3O4/c1-12(26)24-6-4-13(5-7-24)19(27)25-10-15(9-23-20(28)29)16(11-25)14-2-3-17(21)18(22)8-14/h2-3,8,13,15-16,23H,4-7,9-11H2,1H3,(H,28,29)/t15-,16-/m1/s1. The number of nitrogens with one attached hydrogen (secondary N) is 1. The van der Waals surface area contributed by atoms with E-state index in [9.17, 15) is 14.4 Å². The summed E-state index contributed by atoms with van der Waals surface area (Å²) >= 11 is 12.2. The third-order valence-corrected chi connectivity index (χ3v) is 6.67. The molecule has 2 saturated heterocycles. The number of amides is 3. The zero-order chi connectivity index (χ0) is 21.1. The van der Waals surface area contributed by atoms with E-state index in [2.05, 4.69) is 5.32 Å². The molecule has 2 fully saturated rings. The first-order chi connectivity index (χ1) is 13.8. The van der Waals surface area contributed by atoms with Gasteiger partial charge in [0.05, 0.1) is 10.0 Å². The number of rotatable bonds is 4. The smallest absolute Gasteiger partial charge is 0.404 e. The highest BCUT2D eigenvalue weighted by molar-refractivity contribution is 6.42. The van der Waals surface area contributed by atoms with Crippen LogP contribution < -0.4 is 5.32 Å². The van der Waals surface area contributed by atoms with Gasteiger partial charge in [-0.3, -0.25) is 9.59 Å². The van der Waals surface area contributed by atoms with Crippen molar-refractivity contribution in [1.29, 1.82) is 0 Å². The number of carbonyl (C=O) groups excluding carboxylic acids is 2. The molecule has 1 aromatic carbocycles. The molecule has 7 nitrogen and oxygen atoms in total. The summed E-state index contributed by atoms with van der Waals surface area (Å²) in [6, 6.07) is 5.40. The van der Waals surface area contributed by atoms with Gasteiger partial charge < -0.3 is 20.2 Å². The molecular weight excluding hydrogens is 417 g/mol. The molecule has 9 heteroatoms. The lowest BCUT2D eigenvalue weighted by Gasteiger charge is -2.32. The predicted octanol–water partition coefficient (Wildman–Crippen LogP) is 3.06. The Morgan fingerprint density at radius 1 is 1.10 bits per heavy atom. The first-order valence-corrected chi connectivity index (χ1v) is 10.5. The van der Waals surface area contributed by atoms with Crippen LogP contribution in [0, 0.1) is 11.8 Å². The fourth-order valence-corrected chi connectivity index (χ4v) is 4.60. The summed E-state index contributed by atoms with van der Waals surface area (Å²) in [4.78, 5) is 39.2. The van der Waals surface area contributed by atoms with Gasteiger partial charge in [0, 0.05) is 57.4 Å². The largest absolute Gasteiger partial charge is 0.465 e. The topological polar surface area (TPSA) is 90.0 Å². The number of piperidine rings is 1. The first kappa shape index (κ1) is 21.7. The van der Waals surface area contributed by atoms with Crippen LogP contribution in [-0.4, -0.2) is 65.5 Å². The molecule has 0 spiro atoms. The molecule has 3 rings (SSSR count). The van der Waals surface area contributed by atoms with Crippen LogP contribution >= 0.6 is 23.2 Å². The molecule has 158 valence electrons. The normalized spacial score (nSPS) is 22.6. The van der Waals surface area contributed by atoms with E-state index in [1.54, 1.807) is 24.0 Å². The number of carbonyl (C=O) groups is 3. The Hall–Kier alpha value is -1.99. The Morgan fingerprint density at radius 3 is 2.38 bits per heavy atom. The van der Waals surface area contributed by atoms with Crippen molar-refractivity contribution in [2.45, 2.75) is 25.7 Å². The Kier molecular flexibility index (Phi) is 6.90. The van der Waals surface area contributed by atoms with Crippen molar-refractivity contribution in [1.82, 2.24) is 15.1 Å². The van der Waals surface area contributed by atoms with Crippen LogP contribution in [0.4, 0.5) is 4.79 Å². The van der Waals surface area contributed by atoms with Crippen LogP contribution in [0.3, 0.4) is 0 Å². The fourth-order valence-electron chi connectivity index (χ4n) is 4.30. The van der Waals surface area contributed by atoms with E-state index in [0.29, 0.717) is 49.1 Å². The third kappa shape index (κ3) is 5.14. The summed E-state index contributed by atoms with van der Waals surface area (Å²) in [6.07, 6.45) is 0.230. The van der Waals surface area contributed by atoms with Crippen LogP contribution in [0.5, 0.6) is 0 Å². The van der Waals surface area contributed by atoms with Crippen molar-refractivity contribution in [2.75, 3.05) is 32.7 Å². The van der Waals surface area contributed by atoms with Crippen molar-refractivity contribution in [3.8, 4) is 0 Å². The molecular formula is C20H25Cl2N3O4. The molecule has 2 heterocycles. The molecule has 29 heavy (non-hydrogen) atoms. The van der Waals surface area contributed by atoms with E-state index in [1.807, 2.05) is 11.0 Å². The first-order valence-electron chi connectivity index (χ1n) is 9.72. The highest BCUT2D eigenvalue weighted by Gasteiger charge is 2.39. The van der Waals surface area contributed by atoms with Gasteiger partial charge in [0.25, 0.3) is 0 Å². The summed E-state index contributed by atoms with van der Waals surface area (Å²) in [5.41, 5.74) is 0.943. The lowest BCUT2D eigenvalue weighted by atomic mass is 9.89. The summed E-state index contributed by atoms with van der Waals surface area (Å²) in [7, 11) is 0. The molecule has 2 aliphatic heterocycles. The molecule has 1 aromatic rings. The minimum Gasteiger partial charge on any atom is -0.465 e. The van der Waals surface area contributed by atoms with E-state index < -0.39 is 6.09 Å². The second-order valence-corrected chi connectivity index (χ2v) is 8.56. The zero-order valence-corrected chi connectivity index (χ0v) is 17.7. The number of hydrogen-bond donors (Lipinski definition) is 2. The van der Waals surface area contributed by atoms with Crippen molar-refractivity contribution >= 4 is 41.1 Å². The van der Waals surface area contributed by atoms with Gasteiger partial charge in [-0.25, -0.2) is 4.79 Å². The third-order valence-electron chi connectivity index (χ3n) is 5.93. The number of hydrogen-bond acceptors (Lipinski definition) is 3. The SMILES string of the molecule is CC(=O)N1CCC(C(=O)N2C[C@@H](CNC(=O)O)[C@@H](c3ccc(Cl)c(Cl)c3)C2)CC1. The Morgan fingerprint density at radius 2 is 1.79 bits per heavy atom. The Balaban J connectivity index is 1.72. The van der Waals surface area contributed by atoms with E-state index >= 15 is 0 Å². The number of nitrogens with zero attached hydrogens (tertiary/aromatic N) is 2. The van der Waals surface area contributed by atoms with Gasteiger partial charge in [0.15, 0.2) is 0 Å².